The van der Waals surface area contributed by atoms with Gasteiger partial charge in [0.05, 0.1) is 0 Å². The van der Waals surface area contributed by atoms with Crippen LogP contribution in [0, 0.1) is 0 Å². The largest absolute Gasteiger partial charge is 0.508 e. The van der Waals surface area contributed by atoms with Crippen LogP contribution in [-0.4, -0.2) is 29.6 Å². The summed E-state index contributed by atoms with van der Waals surface area (Å²) < 4.78 is 0. The first-order chi connectivity index (χ1) is 11.3. The summed E-state index contributed by atoms with van der Waals surface area (Å²) in [6.45, 7) is 5.58. The molecule has 0 aliphatic carbocycles. The van der Waals surface area contributed by atoms with Crippen molar-refractivity contribution in [2.24, 2.45) is 0 Å². The van der Waals surface area contributed by atoms with E-state index in [0.717, 1.165) is 25.9 Å². The minimum atomic E-state index is 0. The normalized spacial score (nSPS) is 10.6. The van der Waals surface area contributed by atoms with E-state index in [1.165, 1.54) is 36.9 Å². The molecule has 0 saturated carbocycles. The molecule has 2 aromatic rings. The molecule has 0 bridgehead atoms. The molecule has 3 heteroatoms. The number of benzene rings is 2. The highest BCUT2D eigenvalue weighted by Gasteiger charge is 2.06. The highest BCUT2D eigenvalue weighted by Crippen LogP contribution is 2.12. The summed E-state index contributed by atoms with van der Waals surface area (Å²) in [4.78, 5) is 2.56. The van der Waals surface area contributed by atoms with E-state index < -0.39 is 0 Å². The summed E-state index contributed by atoms with van der Waals surface area (Å²) in [6, 6.07) is 18.4. The minimum Gasteiger partial charge on any atom is -0.508 e. The smallest absolute Gasteiger partial charge is 0.115 e. The molecule has 0 amide bonds. The van der Waals surface area contributed by atoms with E-state index in [1.807, 2.05) is 12.1 Å². The van der Waals surface area contributed by atoms with E-state index in [1.54, 1.807) is 6.07 Å². The van der Waals surface area contributed by atoms with E-state index in [-0.39, 0.29) is 12.4 Å². The summed E-state index contributed by atoms with van der Waals surface area (Å²) in [5.74, 6) is 0.365. The summed E-state index contributed by atoms with van der Waals surface area (Å²) >= 11 is 0. The molecule has 24 heavy (non-hydrogen) atoms. The van der Waals surface area contributed by atoms with Crippen LogP contribution in [0.3, 0.4) is 0 Å². The number of aromatic hydroxyl groups is 1. The van der Waals surface area contributed by atoms with Gasteiger partial charge >= 0.3 is 0 Å². The summed E-state index contributed by atoms with van der Waals surface area (Å²) in [7, 11) is 0. The van der Waals surface area contributed by atoms with Gasteiger partial charge in [0.25, 0.3) is 0 Å². The monoisotopic (exact) mass is 347 g/mol. The predicted molar refractivity (Wildman–Crippen MR) is 105 cm³/mol. The van der Waals surface area contributed by atoms with Gasteiger partial charge in [-0.2, -0.15) is 0 Å². The Bertz CT molecular complexity index is 559. The number of rotatable bonds is 10. The first kappa shape index (κ1) is 20.5. The lowest BCUT2D eigenvalue weighted by atomic mass is 10.1. The molecule has 0 aromatic heterocycles. The first-order valence-electron chi connectivity index (χ1n) is 8.82. The Morgan fingerprint density at radius 3 is 2.12 bits per heavy atom. The van der Waals surface area contributed by atoms with E-state index in [2.05, 4.69) is 48.2 Å². The Morgan fingerprint density at radius 2 is 1.46 bits per heavy atom. The number of nitrogens with zero attached hydrogens (tertiary/aromatic N) is 1. The molecule has 0 atom stereocenters. The van der Waals surface area contributed by atoms with Crippen molar-refractivity contribution < 1.29 is 5.11 Å². The molecule has 0 radical (unpaired) electrons. The number of hydrogen-bond donors (Lipinski definition) is 1. The molecular weight excluding hydrogens is 318 g/mol. The lowest BCUT2D eigenvalue weighted by molar-refractivity contribution is 0.274. The molecule has 0 aliphatic rings. The van der Waals surface area contributed by atoms with Crippen molar-refractivity contribution in [3.8, 4) is 5.75 Å². The third kappa shape index (κ3) is 7.85. The first-order valence-corrected chi connectivity index (χ1v) is 8.82. The molecule has 2 aromatic carbocycles. The molecule has 0 spiro atoms. The second kappa shape index (κ2) is 11.9. The summed E-state index contributed by atoms with van der Waals surface area (Å²) in [5, 5.41) is 9.59. The average Bonchev–Trinajstić information content (AvgIpc) is 2.58. The van der Waals surface area contributed by atoms with E-state index in [9.17, 15) is 5.11 Å². The number of phenols is 1. The van der Waals surface area contributed by atoms with Crippen molar-refractivity contribution in [2.75, 3.05) is 19.6 Å². The topological polar surface area (TPSA) is 23.5 Å². The predicted octanol–water partition coefficient (Wildman–Crippen LogP) is 5.09. The number of hydrogen-bond acceptors (Lipinski definition) is 2. The molecule has 0 heterocycles. The van der Waals surface area contributed by atoms with Crippen LogP contribution in [0.5, 0.6) is 5.75 Å². The van der Waals surface area contributed by atoms with Gasteiger partial charge in [0.15, 0.2) is 0 Å². The molecule has 2 nitrogen and oxygen atoms in total. The third-order valence-electron chi connectivity index (χ3n) is 4.26. The van der Waals surface area contributed by atoms with Gasteiger partial charge in [0, 0.05) is 13.1 Å². The van der Waals surface area contributed by atoms with Crippen molar-refractivity contribution in [3.05, 3.63) is 65.7 Å². The van der Waals surface area contributed by atoms with Crippen LogP contribution >= 0.6 is 12.4 Å². The Hall–Kier alpha value is -1.51. The van der Waals surface area contributed by atoms with Crippen LogP contribution in [0.2, 0.25) is 0 Å². The third-order valence-corrected chi connectivity index (χ3v) is 4.26. The average molecular weight is 348 g/mol. The zero-order chi connectivity index (χ0) is 16.3. The van der Waals surface area contributed by atoms with Crippen LogP contribution in [0.15, 0.2) is 54.6 Å². The highest BCUT2D eigenvalue weighted by atomic mass is 35.5. The van der Waals surface area contributed by atoms with Gasteiger partial charge in [-0.3, -0.25) is 0 Å². The standard InChI is InChI=1S/C21H29NO.ClH/c1-2-3-7-15-22(16-13-19-9-5-4-6-10-19)17-14-20-11-8-12-21(23)18-20;/h4-6,8-12,18,23H,2-3,7,13-17H2,1H3;1H. The van der Waals surface area contributed by atoms with Crippen molar-refractivity contribution in [2.45, 2.75) is 39.0 Å². The van der Waals surface area contributed by atoms with Crippen LogP contribution in [-0.2, 0) is 12.8 Å². The Labute approximate surface area is 152 Å². The van der Waals surface area contributed by atoms with E-state index in [0.29, 0.717) is 5.75 Å². The Kier molecular flexibility index (Phi) is 10.2. The quantitative estimate of drug-likeness (QED) is 0.605. The molecule has 0 aliphatic heterocycles. The Morgan fingerprint density at radius 1 is 0.792 bits per heavy atom. The zero-order valence-electron chi connectivity index (χ0n) is 14.7. The van der Waals surface area contributed by atoms with Gasteiger partial charge in [0.2, 0.25) is 0 Å². The maximum absolute atomic E-state index is 9.59. The van der Waals surface area contributed by atoms with Gasteiger partial charge in [-0.25, -0.2) is 0 Å². The summed E-state index contributed by atoms with van der Waals surface area (Å²) in [5.41, 5.74) is 2.62. The second-order valence-corrected chi connectivity index (χ2v) is 6.20. The maximum atomic E-state index is 9.59. The fourth-order valence-corrected chi connectivity index (χ4v) is 2.85. The lowest BCUT2D eigenvalue weighted by Gasteiger charge is -2.22. The molecule has 132 valence electrons. The Balaban J connectivity index is 0.00000288. The van der Waals surface area contributed by atoms with Gasteiger partial charge in [-0.1, -0.05) is 62.2 Å². The molecule has 0 unspecified atom stereocenters. The SMILES string of the molecule is CCCCCN(CCc1ccccc1)CCc1cccc(O)c1.Cl. The molecular formula is C21H30ClNO. The van der Waals surface area contributed by atoms with Crippen LogP contribution in [0.1, 0.15) is 37.3 Å². The van der Waals surface area contributed by atoms with Crippen molar-refractivity contribution in [1.29, 1.82) is 0 Å². The van der Waals surface area contributed by atoms with Gasteiger partial charge in [-0.05, 0) is 49.1 Å². The van der Waals surface area contributed by atoms with Crippen molar-refractivity contribution in [1.82, 2.24) is 4.90 Å². The van der Waals surface area contributed by atoms with Gasteiger partial charge in [0.1, 0.15) is 5.75 Å². The lowest BCUT2D eigenvalue weighted by Crippen LogP contribution is -2.29. The number of phenolic OH excluding ortho intramolecular Hbond substituents is 1. The van der Waals surface area contributed by atoms with E-state index >= 15 is 0 Å². The molecule has 0 fully saturated rings. The fraction of sp³-hybridized carbons (Fsp3) is 0.429. The highest BCUT2D eigenvalue weighted by molar-refractivity contribution is 5.85. The maximum Gasteiger partial charge on any atom is 0.115 e. The van der Waals surface area contributed by atoms with Crippen LogP contribution < -0.4 is 0 Å². The second-order valence-electron chi connectivity index (χ2n) is 6.20. The fourth-order valence-electron chi connectivity index (χ4n) is 2.85. The van der Waals surface area contributed by atoms with E-state index in [4.69, 9.17) is 0 Å². The van der Waals surface area contributed by atoms with Crippen molar-refractivity contribution in [3.63, 3.8) is 0 Å². The van der Waals surface area contributed by atoms with Crippen molar-refractivity contribution >= 4 is 12.4 Å². The minimum absolute atomic E-state index is 0. The molecule has 1 N–H and O–H groups in total. The molecule has 2 rings (SSSR count). The van der Waals surface area contributed by atoms with Crippen LogP contribution in [0.25, 0.3) is 0 Å². The van der Waals surface area contributed by atoms with Gasteiger partial charge in [-0.15, -0.1) is 12.4 Å². The number of halogens is 1. The molecule has 0 saturated heterocycles. The van der Waals surface area contributed by atoms with Gasteiger partial charge < -0.3 is 10.0 Å². The van der Waals surface area contributed by atoms with Crippen LogP contribution in [0.4, 0.5) is 0 Å². The zero-order valence-corrected chi connectivity index (χ0v) is 15.5. The number of unbranched alkanes of at least 4 members (excludes halogenated alkanes) is 2. The summed E-state index contributed by atoms with van der Waals surface area (Å²) in [6.07, 6.45) is 5.93.